The maximum absolute atomic E-state index is 12.9. The number of nitrogens with two attached hydrogens (primary N) is 1. The SMILES string of the molecule is Cc1cc(C(F)(F)F)nc2sc(C(=O)Nc3c[n+](C(C)C)no3)c(N)c12. The summed E-state index contributed by atoms with van der Waals surface area (Å²) in [6, 6.07) is 0.946. The van der Waals surface area contributed by atoms with Crippen LogP contribution in [-0.2, 0) is 6.18 Å². The minimum Gasteiger partial charge on any atom is -0.397 e. The highest BCUT2D eigenvalue weighted by molar-refractivity contribution is 7.21. The average Bonchev–Trinajstić information content (AvgIpc) is 3.11. The summed E-state index contributed by atoms with van der Waals surface area (Å²) >= 11 is 0.792. The van der Waals surface area contributed by atoms with Crippen molar-refractivity contribution in [1.29, 1.82) is 0 Å². The van der Waals surface area contributed by atoms with E-state index in [0.29, 0.717) is 10.9 Å². The number of carbonyl (C=O) groups excluding carboxylic acids is 1. The molecule has 26 heavy (non-hydrogen) atoms. The van der Waals surface area contributed by atoms with Crippen molar-refractivity contribution in [2.45, 2.75) is 33.0 Å². The predicted octanol–water partition coefficient (Wildman–Crippen LogP) is 3.31. The minimum atomic E-state index is -4.58. The van der Waals surface area contributed by atoms with Gasteiger partial charge in [-0.05, 0) is 37.1 Å². The van der Waals surface area contributed by atoms with Gasteiger partial charge in [0.2, 0.25) is 5.27 Å². The van der Waals surface area contributed by atoms with E-state index >= 15 is 0 Å². The second-order valence-electron chi connectivity index (χ2n) is 5.94. The molecular weight excluding hydrogens is 371 g/mol. The zero-order chi connectivity index (χ0) is 19.2. The van der Waals surface area contributed by atoms with Crippen LogP contribution in [0, 0.1) is 6.92 Å². The van der Waals surface area contributed by atoms with E-state index in [0.717, 1.165) is 17.4 Å². The van der Waals surface area contributed by atoms with Crippen molar-refractivity contribution >= 4 is 39.0 Å². The summed E-state index contributed by atoms with van der Waals surface area (Å²) in [5, 5.41) is 6.57. The number of pyridine rings is 1. The number of nitrogen functional groups attached to an aromatic ring is 1. The highest BCUT2D eigenvalue weighted by Crippen LogP contribution is 2.38. The maximum atomic E-state index is 12.9. The van der Waals surface area contributed by atoms with Gasteiger partial charge in [0, 0.05) is 5.39 Å². The molecule has 0 bridgehead atoms. The molecule has 0 atom stereocenters. The Bertz CT molecular complexity index is 993. The molecule has 0 unspecified atom stereocenters. The van der Waals surface area contributed by atoms with Crippen molar-refractivity contribution in [3.63, 3.8) is 0 Å². The van der Waals surface area contributed by atoms with E-state index in [1.807, 2.05) is 13.8 Å². The Kier molecular flexibility index (Phi) is 4.34. The fourth-order valence-corrected chi connectivity index (χ4v) is 3.42. The molecule has 11 heteroatoms. The Balaban J connectivity index is 1.98. The molecule has 7 nitrogen and oxygen atoms in total. The first-order chi connectivity index (χ1) is 12.1. The molecule has 1 amide bonds. The van der Waals surface area contributed by atoms with Crippen LogP contribution in [-0.4, -0.2) is 16.2 Å². The zero-order valence-corrected chi connectivity index (χ0v) is 14.8. The van der Waals surface area contributed by atoms with Gasteiger partial charge in [-0.3, -0.25) is 14.6 Å². The van der Waals surface area contributed by atoms with Crippen molar-refractivity contribution in [3.8, 4) is 0 Å². The lowest BCUT2D eigenvalue weighted by Gasteiger charge is -2.07. The smallest absolute Gasteiger partial charge is 0.397 e. The van der Waals surface area contributed by atoms with Crippen LogP contribution in [0.25, 0.3) is 10.2 Å². The second kappa shape index (κ2) is 6.24. The van der Waals surface area contributed by atoms with Crippen LogP contribution >= 0.6 is 11.3 Å². The van der Waals surface area contributed by atoms with E-state index in [4.69, 9.17) is 10.3 Å². The molecule has 3 aromatic rings. The standard InChI is InChI=1S/C15H14F3N5O2S/c1-6(2)23-5-9(25-22-23)21-13(24)12-11(19)10-7(3)4-8(15(16,17)18)20-14(10)26-12/h4-6H,1-3H3,(H2-,19,21,22,24)/p+1. The molecule has 0 fully saturated rings. The molecular formula is C15H15F3N5O2S+. The number of aromatic nitrogens is 3. The third kappa shape index (κ3) is 3.21. The molecule has 0 spiro atoms. The summed E-state index contributed by atoms with van der Waals surface area (Å²) in [6.07, 6.45) is -3.08. The number of aryl methyl sites for hydroxylation is 1. The lowest BCUT2D eigenvalue weighted by atomic mass is 10.1. The van der Waals surface area contributed by atoms with Gasteiger partial charge in [0.1, 0.15) is 15.4 Å². The molecule has 0 saturated carbocycles. The number of nitrogens with zero attached hydrogens (tertiary/aromatic N) is 3. The summed E-state index contributed by atoms with van der Waals surface area (Å²) in [5.41, 5.74) is 5.34. The van der Waals surface area contributed by atoms with Gasteiger partial charge in [-0.15, -0.1) is 11.3 Å². The maximum Gasteiger partial charge on any atom is 0.433 e. The molecule has 138 valence electrons. The molecule has 3 N–H and O–H groups in total. The highest BCUT2D eigenvalue weighted by atomic mass is 32.1. The fraction of sp³-hybridized carbons (Fsp3) is 0.333. The third-order valence-electron chi connectivity index (χ3n) is 3.64. The highest BCUT2D eigenvalue weighted by Gasteiger charge is 2.34. The Morgan fingerprint density at radius 2 is 2.12 bits per heavy atom. The van der Waals surface area contributed by atoms with Crippen molar-refractivity contribution in [2.75, 3.05) is 11.1 Å². The van der Waals surface area contributed by atoms with E-state index in [9.17, 15) is 18.0 Å². The second-order valence-corrected chi connectivity index (χ2v) is 6.94. The Hall–Kier alpha value is -2.69. The van der Waals surface area contributed by atoms with Crippen LogP contribution in [0.4, 0.5) is 24.7 Å². The van der Waals surface area contributed by atoms with Crippen molar-refractivity contribution in [3.05, 3.63) is 28.4 Å². The average molecular weight is 386 g/mol. The third-order valence-corrected chi connectivity index (χ3v) is 4.74. The van der Waals surface area contributed by atoms with Crippen molar-refractivity contribution in [2.24, 2.45) is 0 Å². The number of anilines is 2. The number of rotatable bonds is 3. The topological polar surface area (TPSA) is 97.9 Å². The van der Waals surface area contributed by atoms with Crippen molar-refractivity contribution in [1.82, 2.24) is 10.3 Å². The Labute approximate surface area is 149 Å². The van der Waals surface area contributed by atoms with Crippen molar-refractivity contribution < 1.29 is 27.2 Å². The van der Waals surface area contributed by atoms with Crippen LogP contribution in [0.3, 0.4) is 0 Å². The number of hydrogen-bond donors (Lipinski definition) is 2. The van der Waals surface area contributed by atoms with Gasteiger partial charge in [0.05, 0.1) is 5.69 Å². The van der Waals surface area contributed by atoms with Gasteiger partial charge in [0.25, 0.3) is 12.1 Å². The zero-order valence-electron chi connectivity index (χ0n) is 14.0. The molecule has 0 aliphatic carbocycles. The number of carbonyl (C=O) groups is 1. The monoisotopic (exact) mass is 386 g/mol. The normalized spacial score (nSPS) is 12.1. The predicted molar refractivity (Wildman–Crippen MR) is 88.8 cm³/mol. The van der Waals surface area contributed by atoms with E-state index < -0.39 is 17.8 Å². The number of halogens is 3. The number of nitrogens with one attached hydrogen (secondary N) is 1. The number of hydrogen-bond acceptors (Lipinski definition) is 6. The first-order valence-corrected chi connectivity index (χ1v) is 8.36. The van der Waals surface area contributed by atoms with Crippen LogP contribution in [0.15, 0.2) is 16.8 Å². The molecule has 0 aromatic carbocycles. The van der Waals surface area contributed by atoms with E-state index in [-0.39, 0.29) is 27.3 Å². The number of thiophene rings is 1. The summed E-state index contributed by atoms with van der Waals surface area (Å²) < 4.78 is 45.3. The quantitative estimate of drug-likeness (QED) is 0.673. The molecule has 0 aliphatic heterocycles. The molecule has 3 aromatic heterocycles. The number of amides is 1. The molecule has 0 radical (unpaired) electrons. The summed E-state index contributed by atoms with van der Waals surface area (Å²) in [5.74, 6) is -0.508. The molecule has 0 saturated heterocycles. The van der Waals surface area contributed by atoms with Crippen LogP contribution in [0.1, 0.15) is 40.8 Å². The first kappa shape index (κ1) is 18.1. The summed E-state index contributed by atoms with van der Waals surface area (Å²) in [6.45, 7) is 5.25. The number of fused-ring (bicyclic) bond motifs is 1. The summed E-state index contributed by atoms with van der Waals surface area (Å²) in [7, 11) is 0. The molecule has 3 heterocycles. The van der Waals surface area contributed by atoms with Gasteiger partial charge < -0.3 is 5.73 Å². The van der Waals surface area contributed by atoms with Gasteiger partial charge in [0.15, 0.2) is 6.04 Å². The molecule has 3 rings (SSSR count). The fourth-order valence-electron chi connectivity index (χ4n) is 2.35. The van der Waals surface area contributed by atoms with E-state index in [1.165, 1.54) is 17.8 Å². The largest absolute Gasteiger partial charge is 0.433 e. The number of alkyl halides is 3. The minimum absolute atomic E-state index is 0.0337. The van der Waals surface area contributed by atoms with Crippen LogP contribution in [0.5, 0.6) is 0 Å². The Morgan fingerprint density at radius 3 is 2.69 bits per heavy atom. The van der Waals surface area contributed by atoms with Crippen LogP contribution in [0.2, 0.25) is 0 Å². The lowest BCUT2D eigenvalue weighted by Crippen LogP contribution is -2.36. The van der Waals surface area contributed by atoms with E-state index in [1.54, 1.807) is 0 Å². The first-order valence-electron chi connectivity index (χ1n) is 7.54. The molecule has 0 aliphatic rings. The van der Waals surface area contributed by atoms with Gasteiger partial charge in [-0.25, -0.2) is 4.98 Å². The van der Waals surface area contributed by atoms with Gasteiger partial charge >= 0.3 is 12.1 Å². The summed E-state index contributed by atoms with van der Waals surface area (Å²) in [4.78, 5) is 16.2. The Morgan fingerprint density at radius 1 is 1.42 bits per heavy atom. The van der Waals surface area contributed by atoms with Gasteiger partial charge in [-0.2, -0.15) is 13.2 Å². The van der Waals surface area contributed by atoms with Gasteiger partial charge in [-0.1, -0.05) is 0 Å². The van der Waals surface area contributed by atoms with Crippen LogP contribution < -0.4 is 15.7 Å². The van der Waals surface area contributed by atoms with E-state index in [2.05, 4.69) is 15.6 Å². The lowest BCUT2D eigenvalue weighted by molar-refractivity contribution is -0.779.